The molecule has 2 heterocycles. The molecule has 0 aromatic rings. The van der Waals surface area contributed by atoms with Crippen molar-refractivity contribution in [2.45, 2.75) is 24.8 Å². The largest absolute Gasteiger partial charge is 1.00 e. The molecule has 0 unspecified atom stereocenters. The molecule has 1 saturated heterocycles. The third-order valence-corrected chi connectivity index (χ3v) is 5.97. The van der Waals surface area contributed by atoms with Gasteiger partial charge in [0.2, 0.25) is 5.91 Å². The van der Waals surface area contributed by atoms with Gasteiger partial charge in [-0.3, -0.25) is 14.5 Å². The second kappa shape index (κ2) is 7.38. The summed E-state index contributed by atoms with van der Waals surface area (Å²) in [5.41, 5.74) is 5.23. The molecule has 21 heavy (non-hydrogen) atoms. The first kappa shape index (κ1) is 18.9. The average molecular weight is 340 g/mol. The van der Waals surface area contributed by atoms with Crippen molar-refractivity contribution in [2.24, 2.45) is 11.7 Å². The van der Waals surface area contributed by atoms with Crippen LogP contribution in [-0.2, 0) is 14.4 Å². The van der Waals surface area contributed by atoms with E-state index >= 15 is 0 Å². The Bertz CT molecular complexity index is 513. The van der Waals surface area contributed by atoms with Crippen molar-refractivity contribution in [3.05, 3.63) is 9.93 Å². The van der Waals surface area contributed by atoms with Gasteiger partial charge in [0.05, 0.1) is 27.2 Å². The number of aliphatic carboxylic acids is 2. The molecule has 7 nitrogen and oxygen atoms in total. The SMILES string of the molecule is CC[C@H]1C(=O)N2C(C(=O)[O-])=C(SC[C@@H](N)C(=O)O)S[C@H]12.[Na+]. The Morgan fingerprint density at radius 3 is 2.67 bits per heavy atom. The molecule has 0 aliphatic carbocycles. The predicted molar refractivity (Wildman–Crippen MR) is 72.1 cm³/mol. The molecule has 2 rings (SSSR count). The number of carbonyl (C=O) groups is 3. The maximum Gasteiger partial charge on any atom is 1.00 e. The van der Waals surface area contributed by atoms with Gasteiger partial charge < -0.3 is 20.7 Å². The quantitative estimate of drug-likeness (QED) is 0.370. The van der Waals surface area contributed by atoms with Crippen LogP contribution >= 0.6 is 23.5 Å². The molecule has 2 aliphatic heterocycles. The Hall–Kier alpha value is -0.190. The van der Waals surface area contributed by atoms with Gasteiger partial charge in [-0.2, -0.15) is 0 Å². The second-order valence-electron chi connectivity index (χ2n) is 4.41. The van der Waals surface area contributed by atoms with Crippen LogP contribution in [0.3, 0.4) is 0 Å². The number of carboxylic acids is 2. The van der Waals surface area contributed by atoms with Crippen molar-refractivity contribution in [1.29, 1.82) is 0 Å². The predicted octanol–water partition coefficient (Wildman–Crippen LogP) is -4.00. The van der Waals surface area contributed by atoms with E-state index in [0.29, 0.717) is 10.7 Å². The van der Waals surface area contributed by atoms with Gasteiger partial charge >= 0.3 is 35.5 Å². The standard InChI is InChI=1S/C11H14N2O5S2.Na/c1-2-4-7(14)13-6(10(17)18)11(20-8(4)13)19-3-5(12)9(15)16;/h4-5,8H,2-3,12H2,1H3,(H,15,16)(H,17,18);/q;+1/p-1/t4-,5+,8+;/m0./s1. The third-order valence-electron chi connectivity index (χ3n) is 3.16. The molecule has 0 saturated carbocycles. The van der Waals surface area contributed by atoms with Crippen molar-refractivity contribution in [2.75, 3.05) is 5.75 Å². The van der Waals surface area contributed by atoms with Crippen LogP contribution in [0, 0.1) is 5.92 Å². The molecule has 2 aliphatic rings. The summed E-state index contributed by atoms with van der Waals surface area (Å²) in [4.78, 5) is 34.9. The molecular formula is C11H13N2NaO5S2. The van der Waals surface area contributed by atoms with E-state index in [-0.39, 0.29) is 58.2 Å². The minimum absolute atomic E-state index is 0. The van der Waals surface area contributed by atoms with E-state index in [4.69, 9.17) is 10.8 Å². The van der Waals surface area contributed by atoms with E-state index in [2.05, 4.69) is 0 Å². The van der Waals surface area contributed by atoms with E-state index in [9.17, 15) is 19.5 Å². The first-order valence-corrected chi connectivity index (χ1v) is 7.81. The minimum Gasteiger partial charge on any atom is -0.543 e. The van der Waals surface area contributed by atoms with Crippen molar-refractivity contribution in [1.82, 2.24) is 4.90 Å². The van der Waals surface area contributed by atoms with Crippen LogP contribution in [0.1, 0.15) is 13.3 Å². The van der Waals surface area contributed by atoms with Crippen LogP contribution in [0.25, 0.3) is 0 Å². The van der Waals surface area contributed by atoms with E-state index in [1.165, 1.54) is 16.7 Å². The Kier molecular flexibility index (Phi) is 6.63. The monoisotopic (exact) mass is 340 g/mol. The normalized spacial score (nSPS) is 25.0. The van der Waals surface area contributed by atoms with Crippen molar-refractivity contribution < 1.29 is 54.2 Å². The number of hydrogen-bond donors (Lipinski definition) is 2. The summed E-state index contributed by atoms with van der Waals surface area (Å²) in [5.74, 6) is -2.95. The van der Waals surface area contributed by atoms with E-state index in [1.807, 2.05) is 6.92 Å². The fourth-order valence-electron chi connectivity index (χ4n) is 2.06. The second-order valence-corrected chi connectivity index (χ2v) is 6.83. The van der Waals surface area contributed by atoms with Gasteiger partial charge in [0.1, 0.15) is 6.04 Å². The van der Waals surface area contributed by atoms with Gasteiger partial charge in [-0.05, 0) is 6.42 Å². The van der Waals surface area contributed by atoms with Gasteiger partial charge in [-0.1, -0.05) is 18.7 Å². The van der Waals surface area contributed by atoms with Crippen LogP contribution in [0.2, 0.25) is 0 Å². The molecule has 0 bridgehead atoms. The number of nitrogens with zero attached hydrogens (tertiary/aromatic N) is 1. The summed E-state index contributed by atoms with van der Waals surface area (Å²) < 4.78 is 0.399. The van der Waals surface area contributed by atoms with Gasteiger partial charge in [0, 0.05) is 5.75 Å². The number of thioether (sulfide) groups is 2. The minimum atomic E-state index is -1.42. The summed E-state index contributed by atoms with van der Waals surface area (Å²) in [6.45, 7) is 1.87. The smallest absolute Gasteiger partial charge is 0.543 e. The molecule has 0 aromatic carbocycles. The summed E-state index contributed by atoms with van der Waals surface area (Å²) in [6.07, 6.45) is 0.639. The van der Waals surface area contributed by atoms with E-state index in [0.717, 1.165) is 11.8 Å². The summed E-state index contributed by atoms with van der Waals surface area (Å²) in [7, 11) is 0. The average Bonchev–Trinajstić information content (AvgIpc) is 2.71. The number of carboxylic acid groups (broad SMARTS) is 2. The molecule has 0 spiro atoms. The molecule has 1 fully saturated rings. The molecule has 1 amide bonds. The number of carbonyl (C=O) groups excluding carboxylic acids is 2. The molecule has 3 N–H and O–H groups in total. The molecule has 110 valence electrons. The van der Waals surface area contributed by atoms with Crippen molar-refractivity contribution in [3.63, 3.8) is 0 Å². The summed E-state index contributed by atoms with van der Waals surface area (Å²) in [6, 6.07) is -1.08. The van der Waals surface area contributed by atoms with Crippen LogP contribution in [0.4, 0.5) is 0 Å². The Balaban J connectivity index is 0.00000220. The number of rotatable bonds is 6. The molecule has 0 aromatic heterocycles. The first-order valence-electron chi connectivity index (χ1n) is 5.95. The van der Waals surface area contributed by atoms with E-state index < -0.39 is 18.0 Å². The maximum absolute atomic E-state index is 11.8. The zero-order valence-corrected chi connectivity index (χ0v) is 15.2. The van der Waals surface area contributed by atoms with Crippen LogP contribution in [0.5, 0.6) is 0 Å². The van der Waals surface area contributed by atoms with Crippen molar-refractivity contribution in [3.8, 4) is 0 Å². The Morgan fingerprint density at radius 2 is 2.19 bits per heavy atom. The molecule has 0 radical (unpaired) electrons. The van der Waals surface area contributed by atoms with Gasteiger partial charge in [0.25, 0.3) is 0 Å². The van der Waals surface area contributed by atoms with Gasteiger partial charge in [-0.15, -0.1) is 11.8 Å². The van der Waals surface area contributed by atoms with Crippen LogP contribution < -0.4 is 40.4 Å². The third kappa shape index (κ3) is 3.43. The molecular weight excluding hydrogens is 327 g/mol. The van der Waals surface area contributed by atoms with Gasteiger partial charge in [0.15, 0.2) is 0 Å². The zero-order chi connectivity index (χ0) is 15.0. The topological polar surface area (TPSA) is 124 Å². The number of amides is 1. The number of nitrogens with two attached hydrogens (primary N) is 1. The number of β-lactam (4-membered cyclic amide) rings is 1. The fraction of sp³-hybridized carbons (Fsp3) is 0.545. The van der Waals surface area contributed by atoms with E-state index in [1.54, 1.807) is 0 Å². The first-order chi connectivity index (χ1) is 9.38. The maximum atomic E-state index is 11.8. The Morgan fingerprint density at radius 1 is 1.57 bits per heavy atom. The fourth-order valence-corrected chi connectivity index (χ4v) is 4.92. The number of hydrogen-bond acceptors (Lipinski definition) is 7. The molecule has 10 heteroatoms. The summed E-state index contributed by atoms with van der Waals surface area (Å²) in [5, 5.41) is 19.7. The van der Waals surface area contributed by atoms with Crippen molar-refractivity contribution >= 4 is 41.4 Å². The molecule has 3 atom stereocenters. The Labute approximate surface area is 152 Å². The van der Waals surface area contributed by atoms with Crippen LogP contribution in [0.15, 0.2) is 9.93 Å². The van der Waals surface area contributed by atoms with Gasteiger partial charge in [-0.25, -0.2) is 0 Å². The summed E-state index contributed by atoms with van der Waals surface area (Å²) >= 11 is 2.31. The zero-order valence-electron chi connectivity index (χ0n) is 11.6. The van der Waals surface area contributed by atoms with Crippen LogP contribution in [-0.4, -0.2) is 45.0 Å². The number of fused-ring (bicyclic) bond motifs is 1.